The van der Waals surface area contributed by atoms with Crippen molar-refractivity contribution in [3.05, 3.63) is 16.6 Å². The van der Waals surface area contributed by atoms with E-state index in [-0.39, 0.29) is 5.91 Å². The Morgan fingerprint density at radius 3 is 3.19 bits per heavy atom. The third kappa shape index (κ3) is 1.64. The Labute approximate surface area is 98.7 Å². The molecule has 2 fully saturated rings. The van der Waals surface area contributed by atoms with Crippen molar-refractivity contribution < 1.29 is 4.79 Å². The van der Waals surface area contributed by atoms with Crippen LogP contribution in [0.5, 0.6) is 0 Å². The Morgan fingerprint density at radius 1 is 1.56 bits per heavy atom. The van der Waals surface area contributed by atoms with E-state index in [1.165, 1.54) is 17.8 Å². The van der Waals surface area contributed by atoms with Gasteiger partial charge in [-0.2, -0.15) is 0 Å². The summed E-state index contributed by atoms with van der Waals surface area (Å²) in [4.78, 5) is 18.1. The zero-order valence-corrected chi connectivity index (χ0v) is 9.92. The van der Waals surface area contributed by atoms with E-state index < -0.39 is 0 Å². The lowest BCUT2D eigenvalue weighted by atomic mass is 9.87. The van der Waals surface area contributed by atoms with Crippen LogP contribution in [0.1, 0.15) is 23.3 Å². The molecular formula is C11H15N3OS. The molecule has 1 unspecified atom stereocenters. The fraction of sp³-hybridized carbons (Fsp3) is 0.636. The third-order valence-electron chi connectivity index (χ3n) is 3.71. The van der Waals surface area contributed by atoms with E-state index in [1.807, 2.05) is 10.3 Å². The molecule has 86 valence electrons. The molecule has 0 bridgehead atoms. The molecule has 5 heteroatoms. The van der Waals surface area contributed by atoms with Gasteiger partial charge in [-0.1, -0.05) is 0 Å². The molecule has 1 N–H and O–H groups in total. The van der Waals surface area contributed by atoms with Gasteiger partial charge in [0.15, 0.2) is 0 Å². The zero-order valence-electron chi connectivity index (χ0n) is 9.11. The Hall–Kier alpha value is -0.940. The molecule has 0 aliphatic carbocycles. The first-order chi connectivity index (χ1) is 7.79. The zero-order chi connectivity index (χ0) is 11.0. The number of aromatic nitrogens is 1. The van der Waals surface area contributed by atoms with Gasteiger partial charge in [0.05, 0.1) is 5.51 Å². The number of hydrogen-bond acceptors (Lipinski definition) is 4. The van der Waals surface area contributed by atoms with Gasteiger partial charge in [-0.15, -0.1) is 11.3 Å². The maximum atomic E-state index is 12.1. The number of likely N-dealkylation sites (tertiary alicyclic amines) is 1. The molecule has 1 aromatic rings. The summed E-state index contributed by atoms with van der Waals surface area (Å²) < 4.78 is 0. The van der Waals surface area contributed by atoms with Crippen LogP contribution in [0.4, 0.5) is 0 Å². The van der Waals surface area contributed by atoms with Crippen molar-refractivity contribution in [1.82, 2.24) is 15.2 Å². The van der Waals surface area contributed by atoms with Crippen LogP contribution in [-0.4, -0.2) is 42.0 Å². The Kier molecular flexibility index (Phi) is 2.44. The van der Waals surface area contributed by atoms with Gasteiger partial charge in [0.25, 0.3) is 5.91 Å². The summed E-state index contributed by atoms with van der Waals surface area (Å²) >= 11 is 1.48. The van der Waals surface area contributed by atoms with Crippen molar-refractivity contribution in [2.45, 2.75) is 12.8 Å². The van der Waals surface area contributed by atoms with Gasteiger partial charge < -0.3 is 10.2 Å². The van der Waals surface area contributed by atoms with Gasteiger partial charge in [-0.05, 0) is 19.4 Å². The van der Waals surface area contributed by atoms with Crippen LogP contribution in [-0.2, 0) is 0 Å². The van der Waals surface area contributed by atoms with Crippen molar-refractivity contribution in [2.24, 2.45) is 5.41 Å². The summed E-state index contributed by atoms with van der Waals surface area (Å²) in [5.41, 5.74) is 2.68. The highest BCUT2D eigenvalue weighted by Crippen LogP contribution is 2.36. The lowest BCUT2D eigenvalue weighted by molar-refractivity contribution is 0.0770. The number of rotatable bonds is 1. The number of nitrogens with one attached hydrogen (secondary N) is 1. The van der Waals surface area contributed by atoms with Crippen LogP contribution in [0.25, 0.3) is 0 Å². The molecule has 16 heavy (non-hydrogen) atoms. The molecule has 2 aliphatic rings. The maximum absolute atomic E-state index is 12.1. The van der Waals surface area contributed by atoms with Crippen LogP contribution in [0, 0.1) is 5.41 Å². The maximum Gasteiger partial charge on any atom is 0.273 e. The second-order valence-corrected chi connectivity index (χ2v) is 5.50. The highest BCUT2D eigenvalue weighted by molar-refractivity contribution is 7.07. The Bertz CT molecular complexity index is 384. The van der Waals surface area contributed by atoms with Gasteiger partial charge in [0.1, 0.15) is 5.69 Å². The molecule has 0 aromatic carbocycles. The van der Waals surface area contributed by atoms with E-state index in [9.17, 15) is 4.79 Å². The monoisotopic (exact) mass is 237 g/mol. The summed E-state index contributed by atoms with van der Waals surface area (Å²) in [6.07, 6.45) is 2.34. The van der Waals surface area contributed by atoms with Crippen LogP contribution in [0.2, 0.25) is 0 Å². The molecule has 1 amide bonds. The summed E-state index contributed by atoms with van der Waals surface area (Å²) in [5, 5.41) is 5.23. The molecule has 2 aliphatic heterocycles. The van der Waals surface area contributed by atoms with E-state index >= 15 is 0 Å². The van der Waals surface area contributed by atoms with Crippen molar-refractivity contribution >= 4 is 17.2 Å². The average Bonchev–Trinajstić information content (AvgIpc) is 3.01. The average molecular weight is 237 g/mol. The minimum Gasteiger partial charge on any atom is -0.337 e. The lowest BCUT2D eigenvalue weighted by Gasteiger charge is -2.22. The number of carbonyl (C=O) groups excluding carboxylic acids is 1. The topological polar surface area (TPSA) is 45.2 Å². The van der Waals surface area contributed by atoms with E-state index in [0.717, 1.165) is 32.6 Å². The molecule has 3 rings (SSSR count). The summed E-state index contributed by atoms with van der Waals surface area (Å²) in [7, 11) is 0. The second-order valence-electron chi connectivity index (χ2n) is 4.78. The predicted molar refractivity (Wildman–Crippen MR) is 62.6 cm³/mol. The number of hydrogen-bond donors (Lipinski definition) is 1. The largest absolute Gasteiger partial charge is 0.337 e. The first-order valence-corrected chi connectivity index (χ1v) is 6.62. The molecule has 1 aromatic heterocycles. The molecule has 4 nitrogen and oxygen atoms in total. The van der Waals surface area contributed by atoms with E-state index in [4.69, 9.17) is 0 Å². The summed E-state index contributed by atoms with van der Waals surface area (Å²) in [6, 6.07) is 0. The molecule has 1 spiro atoms. The van der Waals surface area contributed by atoms with E-state index in [1.54, 1.807) is 5.51 Å². The standard InChI is InChI=1S/C11H15N3OS/c15-10(9-5-16-8-13-9)14-4-2-11(7-14)1-3-12-6-11/h5,8,12H,1-4,6-7H2. The van der Waals surface area contributed by atoms with Gasteiger partial charge in [0.2, 0.25) is 0 Å². The van der Waals surface area contributed by atoms with Crippen LogP contribution >= 0.6 is 11.3 Å². The van der Waals surface area contributed by atoms with E-state index in [0.29, 0.717) is 11.1 Å². The fourth-order valence-corrected chi connectivity index (χ4v) is 3.26. The number of nitrogens with zero attached hydrogens (tertiary/aromatic N) is 2. The van der Waals surface area contributed by atoms with Gasteiger partial charge in [-0.25, -0.2) is 4.98 Å². The summed E-state index contributed by atoms with van der Waals surface area (Å²) in [5.74, 6) is 0.102. The number of thiazole rings is 1. The quantitative estimate of drug-likeness (QED) is 0.791. The minimum absolute atomic E-state index is 0.102. The fourth-order valence-electron chi connectivity index (χ4n) is 2.73. The Balaban J connectivity index is 1.72. The highest BCUT2D eigenvalue weighted by Gasteiger charge is 2.42. The van der Waals surface area contributed by atoms with Crippen molar-refractivity contribution in [1.29, 1.82) is 0 Å². The first-order valence-electron chi connectivity index (χ1n) is 5.67. The predicted octanol–water partition coefficient (Wildman–Crippen LogP) is 0.969. The van der Waals surface area contributed by atoms with Crippen molar-refractivity contribution in [3.8, 4) is 0 Å². The van der Waals surface area contributed by atoms with Crippen molar-refractivity contribution in [3.63, 3.8) is 0 Å². The minimum atomic E-state index is 0.102. The van der Waals surface area contributed by atoms with Crippen LogP contribution in [0.15, 0.2) is 10.9 Å². The lowest BCUT2D eigenvalue weighted by Crippen LogP contribution is -2.33. The SMILES string of the molecule is O=C(c1cscn1)N1CCC2(CCNC2)C1. The molecular weight excluding hydrogens is 222 g/mol. The first kappa shape index (κ1) is 10.2. The van der Waals surface area contributed by atoms with Crippen LogP contribution in [0.3, 0.4) is 0 Å². The third-order valence-corrected chi connectivity index (χ3v) is 4.30. The van der Waals surface area contributed by atoms with Gasteiger partial charge >= 0.3 is 0 Å². The number of amides is 1. The molecule has 0 radical (unpaired) electrons. The molecule has 1 atom stereocenters. The molecule has 0 saturated carbocycles. The normalized spacial score (nSPS) is 29.1. The molecule has 2 saturated heterocycles. The van der Waals surface area contributed by atoms with Crippen molar-refractivity contribution in [2.75, 3.05) is 26.2 Å². The summed E-state index contributed by atoms with van der Waals surface area (Å²) in [6.45, 7) is 3.95. The van der Waals surface area contributed by atoms with Gasteiger partial charge in [0, 0.05) is 30.4 Å². The molecule has 3 heterocycles. The second kappa shape index (κ2) is 3.82. The number of carbonyl (C=O) groups is 1. The smallest absolute Gasteiger partial charge is 0.273 e. The van der Waals surface area contributed by atoms with E-state index in [2.05, 4.69) is 10.3 Å². The highest BCUT2D eigenvalue weighted by atomic mass is 32.1. The Morgan fingerprint density at radius 2 is 2.50 bits per heavy atom. The van der Waals surface area contributed by atoms with Gasteiger partial charge in [-0.3, -0.25) is 4.79 Å². The van der Waals surface area contributed by atoms with Crippen LogP contribution < -0.4 is 5.32 Å².